The smallest absolute Gasteiger partial charge is 0.283 e. The minimum absolute atomic E-state index is 0.0305. The third kappa shape index (κ3) is 5.57. The Morgan fingerprint density at radius 1 is 1.17 bits per heavy atom. The molecule has 1 N–H and O–H groups in total. The Morgan fingerprint density at radius 2 is 1.91 bits per heavy atom. The molecule has 0 atom stereocenters. The Kier molecular flexibility index (Phi) is 7.25. The molecular weight excluding hydrogens is 470 g/mol. The van der Waals surface area contributed by atoms with Gasteiger partial charge in [-0.2, -0.15) is 15.1 Å². The number of benzene rings is 2. The maximum absolute atomic E-state index is 12.7. The van der Waals surface area contributed by atoms with Gasteiger partial charge in [0.05, 0.1) is 10.5 Å². The molecule has 0 saturated carbocycles. The molecule has 0 aromatic heterocycles. The number of ether oxygens (including phenoxy) is 2. The maximum Gasteiger partial charge on any atom is 0.283 e. The van der Waals surface area contributed by atoms with Crippen LogP contribution in [-0.4, -0.2) is 45.1 Å². The minimum atomic E-state index is -0.609. The Morgan fingerprint density at radius 3 is 2.63 bits per heavy atom. The van der Waals surface area contributed by atoms with Gasteiger partial charge in [-0.05, 0) is 55.8 Å². The number of nitrogens with zero attached hydrogens (tertiary/aromatic N) is 4. The van der Waals surface area contributed by atoms with Gasteiger partial charge >= 0.3 is 0 Å². The van der Waals surface area contributed by atoms with Crippen LogP contribution in [0, 0.1) is 22.4 Å². The van der Waals surface area contributed by atoms with Gasteiger partial charge in [0.25, 0.3) is 11.6 Å². The van der Waals surface area contributed by atoms with E-state index in [1.165, 1.54) is 41.0 Å². The highest BCUT2D eigenvalue weighted by atomic mass is 32.2. The molecule has 10 nitrogen and oxygen atoms in total. The van der Waals surface area contributed by atoms with E-state index >= 15 is 0 Å². The highest BCUT2D eigenvalue weighted by Gasteiger charge is 2.35. The van der Waals surface area contributed by atoms with Crippen molar-refractivity contribution in [3.8, 4) is 11.5 Å². The number of carbonyl (C=O) groups is 1. The van der Waals surface area contributed by atoms with Crippen LogP contribution in [0.2, 0.25) is 0 Å². The zero-order chi connectivity index (χ0) is 24.9. The molecule has 11 heteroatoms. The number of hydrogen-bond donors (Lipinski definition) is 1. The van der Waals surface area contributed by atoms with Crippen LogP contribution in [-0.2, 0) is 4.79 Å². The summed E-state index contributed by atoms with van der Waals surface area (Å²) in [6, 6.07) is 11.7. The first-order chi connectivity index (χ1) is 16.9. The average molecular weight is 494 g/mol. The summed E-state index contributed by atoms with van der Waals surface area (Å²) < 4.78 is 11.5. The second-order valence-electron chi connectivity index (χ2n) is 7.75. The number of thioether (sulfide) groups is 1. The molecule has 0 spiro atoms. The third-order valence-electron chi connectivity index (χ3n) is 5.09. The van der Waals surface area contributed by atoms with E-state index < -0.39 is 10.8 Å². The number of hydrogen-bond acceptors (Lipinski definition) is 8. The molecule has 2 heterocycles. The third-order valence-corrected chi connectivity index (χ3v) is 6.06. The summed E-state index contributed by atoms with van der Waals surface area (Å²) in [6.45, 7) is 4.42. The van der Waals surface area contributed by atoms with Crippen molar-refractivity contribution in [2.45, 2.75) is 26.7 Å². The largest absolute Gasteiger partial charge is 0.490 e. The minimum Gasteiger partial charge on any atom is -0.490 e. The van der Waals surface area contributed by atoms with Crippen LogP contribution in [0.5, 0.6) is 11.5 Å². The zero-order valence-electron chi connectivity index (χ0n) is 19.2. The van der Waals surface area contributed by atoms with E-state index in [2.05, 4.69) is 10.1 Å². The van der Waals surface area contributed by atoms with Gasteiger partial charge < -0.3 is 9.47 Å². The molecule has 1 amide bonds. The van der Waals surface area contributed by atoms with Crippen molar-refractivity contribution in [3.63, 3.8) is 0 Å². The summed E-state index contributed by atoms with van der Waals surface area (Å²) >= 11 is 1.27. The first-order valence-corrected chi connectivity index (χ1v) is 11.8. The van der Waals surface area contributed by atoms with Crippen molar-refractivity contribution < 1.29 is 19.2 Å². The van der Waals surface area contributed by atoms with E-state index in [1.807, 2.05) is 38.1 Å². The van der Waals surface area contributed by atoms with Crippen molar-refractivity contribution in [3.05, 3.63) is 69.3 Å². The molecule has 2 aliphatic heterocycles. The number of nitrogens with one attached hydrogen (secondary N) is 1. The van der Waals surface area contributed by atoms with Gasteiger partial charge in [-0.1, -0.05) is 24.6 Å². The normalized spacial score (nSPS) is 16.2. The summed E-state index contributed by atoms with van der Waals surface area (Å²) in [5.74, 6) is 0.268. The van der Waals surface area contributed by atoms with E-state index in [0.717, 1.165) is 17.0 Å². The Hall–Kier alpha value is -3.99. The number of amides is 1. The number of amidine groups is 2. The van der Waals surface area contributed by atoms with E-state index in [0.29, 0.717) is 23.1 Å². The number of nitro benzene ring substituents is 1. The van der Waals surface area contributed by atoms with E-state index in [9.17, 15) is 14.9 Å². The first kappa shape index (κ1) is 24.1. The SMILES string of the molecule is CCCC1=NN2C(=N)/C(=C/c3cc([N+](=O)[O-])ccc3OCCOc3ccc(C)cc3)C(=O)N=C2S1. The molecule has 0 aliphatic carbocycles. The van der Waals surface area contributed by atoms with Crippen LogP contribution in [0.3, 0.4) is 0 Å². The van der Waals surface area contributed by atoms with Crippen molar-refractivity contribution in [2.24, 2.45) is 10.1 Å². The number of aliphatic imine (C=N–C) groups is 1. The molecule has 0 bridgehead atoms. The molecule has 2 aliphatic rings. The molecule has 2 aromatic carbocycles. The lowest BCUT2D eigenvalue weighted by atomic mass is 10.1. The average Bonchev–Trinajstić information content (AvgIpc) is 3.23. The summed E-state index contributed by atoms with van der Waals surface area (Å²) in [5, 5.41) is 26.6. The summed E-state index contributed by atoms with van der Waals surface area (Å²) in [5.41, 5.74) is 1.21. The monoisotopic (exact) mass is 493 g/mol. The summed E-state index contributed by atoms with van der Waals surface area (Å²) in [7, 11) is 0. The van der Waals surface area contributed by atoms with Crippen LogP contribution in [0.15, 0.2) is 58.1 Å². The lowest BCUT2D eigenvalue weighted by molar-refractivity contribution is -0.384. The lowest BCUT2D eigenvalue weighted by Gasteiger charge is -2.20. The number of nitro groups is 1. The second kappa shape index (κ2) is 10.5. The van der Waals surface area contributed by atoms with Gasteiger partial charge in [0.1, 0.15) is 29.8 Å². The predicted octanol–water partition coefficient (Wildman–Crippen LogP) is 4.78. The van der Waals surface area contributed by atoms with Crippen LogP contribution >= 0.6 is 11.8 Å². The zero-order valence-corrected chi connectivity index (χ0v) is 20.0. The van der Waals surface area contributed by atoms with Crippen molar-refractivity contribution in [1.82, 2.24) is 5.01 Å². The van der Waals surface area contributed by atoms with E-state index in [-0.39, 0.29) is 35.9 Å². The topological polar surface area (TPSA) is 130 Å². The van der Waals surface area contributed by atoms with Crippen LogP contribution in [0.4, 0.5) is 5.69 Å². The molecule has 2 aromatic rings. The second-order valence-corrected chi connectivity index (χ2v) is 8.79. The Bertz CT molecular complexity index is 1270. The summed E-state index contributed by atoms with van der Waals surface area (Å²) in [4.78, 5) is 27.6. The number of aryl methyl sites for hydroxylation is 1. The van der Waals surface area contributed by atoms with Gasteiger partial charge in [0.15, 0.2) is 5.84 Å². The van der Waals surface area contributed by atoms with Gasteiger partial charge in [-0.15, -0.1) is 0 Å². The van der Waals surface area contributed by atoms with Crippen LogP contribution < -0.4 is 9.47 Å². The highest BCUT2D eigenvalue weighted by Crippen LogP contribution is 2.32. The van der Waals surface area contributed by atoms with Gasteiger partial charge in [0.2, 0.25) is 5.17 Å². The molecule has 0 unspecified atom stereocenters. The van der Waals surface area contributed by atoms with Gasteiger partial charge in [0, 0.05) is 17.7 Å². The van der Waals surface area contributed by atoms with E-state index in [1.54, 1.807) is 0 Å². The van der Waals surface area contributed by atoms with Gasteiger partial charge in [-0.25, -0.2) is 0 Å². The van der Waals surface area contributed by atoms with Gasteiger partial charge in [-0.3, -0.25) is 20.3 Å². The lowest BCUT2D eigenvalue weighted by Crippen LogP contribution is -2.35. The molecule has 0 fully saturated rings. The van der Waals surface area contributed by atoms with Crippen molar-refractivity contribution >= 4 is 45.5 Å². The van der Waals surface area contributed by atoms with E-state index in [4.69, 9.17) is 14.9 Å². The molecular formula is C24H23N5O5S. The fraction of sp³-hybridized carbons (Fsp3) is 0.250. The number of non-ortho nitro benzene ring substituents is 1. The number of hydrazone groups is 1. The van der Waals surface area contributed by atoms with Crippen molar-refractivity contribution in [1.29, 1.82) is 5.41 Å². The molecule has 4 rings (SSSR count). The molecule has 0 saturated heterocycles. The highest BCUT2D eigenvalue weighted by molar-refractivity contribution is 8.26. The predicted molar refractivity (Wildman–Crippen MR) is 135 cm³/mol. The quantitative estimate of drug-likeness (QED) is 0.230. The molecule has 35 heavy (non-hydrogen) atoms. The van der Waals surface area contributed by atoms with Crippen LogP contribution in [0.25, 0.3) is 6.08 Å². The maximum atomic E-state index is 12.7. The number of fused-ring (bicyclic) bond motifs is 1. The first-order valence-electron chi connectivity index (χ1n) is 11.0. The molecule has 0 radical (unpaired) electrons. The number of rotatable bonds is 9. The fourth-order valence-electron chi connectivity index (χ4n) is 3.34. The summed E-state index contributed by atoms with van der Waals surface area (Å²) in [6.07, 6.45) is 2.97. The fourth-order valence-corrected chi connectivity index (χ4v) is 4.33. The number of carbonyl (C=O) groups excluding carboxylic acids is 1. The van der Waals surface area contributed by atoms with Crippen molar-refractivity contribution in [2.75, 3.05) is 13.2 Å². The Labute approximate surface area is 206 Å². The Balaban J connectivity index is 1.55. The molecule has 180 valence electrons. The van der Waals surface area contributed by atoms with Crippen LogP contribution in [0.1, 0.15) is 30.9 Å². The standard InChI is InChI=1S/C24H23N5O5S/c1-3-4-21-27-28-22(25)19(23(30)26-24(28)35-21)14-16-13-17(29(31)32)7-10-20(16)34-12-11-33-18-8-5-15(2)6-9-18/h5-10,13-14,25H,3-4,11-12H2,1-2H3/b19-14-,25-22?.